The molecule has 0 unspecified atom stereocenters. The lowest BCUT2D eigenvalue weighted by molar-refractivity contribution is -0.130. The molecular weight excluding hydrogens is 364 g/mol. The lowest BCUT2D eigenvalue weighted by atomic mass is 10.2. The Kier molecular flexibility index (Phi) is 5.27. The number of carbonyl (C=O) groups is 1. The highest BCUT2D eigenvalue weighted by atomic mass is 32.2. The zero-order chi connectivity index (χ0) is 17.3. The van der Waals surface area contributed by atoms with Crippen molar-refractivity contribution in [3.63, 3.8) is 0 Å². The van der Waals surface area contributed by atoms with E-state index in [0.29, 0.717) is 6.42 Å². The zero-order valence-electron chi connectivity index (χ0n) is 13.6. The summed E-state index contributed by atoms with van der Waals surface area (Å²) in [5.41, 5.74) is 2.17. The topological polar surface area (TPSA) is 66.8 Å². The van der Waals surface area contributed by atoms with Gasteiger partial charge in [0.25, 0.3) is 0 Å². The van der Waals surface area contributed by atoms with Crippen molar-refractivity contribution < 1.29 is 13.2 Å². The number of hydrogen-bond acceptors (Lipinski definition) is 6. The fourth-order valence-corrected chi connectivity index (χ4v) is 6.88. The summed E-state index contributed by atoms with van der Waals surface area (Å²) in [5.74, 6) is 1.08. The Labute approximate surface area is 151 Å². The first-order valence-electron chi connectivity index (χ1n) is 7.79. The minimum Gasteiger partial charge on any atom is -0.341 e. The molecule has 0 saturated carbocycles. The van der Waals surface area contributed by atoms with Crippen LogP contribution in [0, 0.1) is 0 Å². The van der Waals surface area contributed by atoms with E-state index >= 15 is 0 Å². The van der Waals surface area contributed by atoms with Crippen LogP contribution in [0.4, 0.5) is 5.69 Å². The van der Waals surface area contributed by atoms with Gasteiger partial charge in [0, 0.05) is 18.8 Å². The molecule has 0 aliphatic carbocycles. The molecule has 2 atom stereocenters. The van der Waals surface area contributed by atoms with Gasteiger partial charge >= 0.3 is 0 Å². The van der Waals surface area contributed by atoms with Gasteiger partial charge in [-0.15, -0.1) is 0 Å². The number of aliphatic imine (C=N–C) groups is 1. The van der Waals surface area contributed by atoms with E-state index in [9.17, 15) is 13.2 Å². The van der Waals surface area contributed by atoms with Crippen LogP contribution in [0.25, 0.3) is 0 Å². The normalized spacial score (nSPS) is 23.2. The third kappa shape index (κ3) is 3.97. The molecular formula is C16H20N2O3S3. The monoisotopic (exact) mass is 384 g/mol. The van der Waals surface area contributed by atoms with Gasteiger partial charge in [-0.2, -0.15) is 0 Å². The molecule has 1 aromatic rings. The Balaban J connectivity index is 1.64. The summed E-state index contributed by atoms with van der Waals surface area (Å²) < 4.78 is 24.1. The highest BCUT2D eigenvalue weighted by Crippen LogP contribution is 2.36. The molecule has 0 bridgehead atoms. The van der Waals surface area contributed by atoms with Crippen molar-refractivity contribution in [2.24, 2.45) is 4.99 Å². The third-order valence-corrected chi connectivity index (χ3v) is 8.32. The second-order valence-corrected chi connectivity index (χ2v) is 10.8. The molecule has 0 aromatic heterocycles. The van der Waals surface area contributed by atoms with Crippen molar-refractivity contribution >= 4 is 49.3 Å². The van der Waals surface area contributed by atoms with E-state index in [0.717, 1.165) is 15.8 Å². The number of carbonyl (C=O) groups excluding carboxylic acids is 1. The van der Waals surface area contributed by atoms with Crippen LogP contribution in [0.1, 0.15) is 18.9 Å². The summed E-state index contributed by atoms with van der Waals surface area (Å²) in [6, 6.07) is 7.81. The van der Waals surface area contributed by atoms with Crippen LogP contribution in [0.3, 0.4) is 0 Å². The second-order valence-electron chi connectivity index (χ2n) is 6.06. The average molecular weight is 385 g/mol. The molecule has 1 amide bonds. The molecule has 0 radical (unpaired) electrons. The van der Waals surface area contributed by atoms with Gasteiger partial charge < -0.3 is 4.90 Å². The summed E-state index contributed by atoms with van der Waals surface area (Å²) in [7, 11) is -1.28. The number of thioether (sulfide) groups is 2. The lowest BCUT2D eigenvalue weighted by Crippen LogP contribution is -2.42. The van der Waals surface area contributed by atoms with Gasteiger partial charge in [-0.3, -0.25) is 4.79 Å². The van der Waals surface area contributed by atoms with Crippen LogP contribution < -0.4 is 0 Å². The van der Waals surface area contributed by atoms with Gasteiger partial charge in [0.05, 0.1) is 22.4 Å². The van der Waals surface area contributed by atoms with E-state index < -0.39 is 9.84 Å². The van der Waals surface area contributed by atoms with Gasteiger partial charge in [-0.25, -0.2) is 13.4 Å². The maximum atomic E-state index is 12.6. The number of amides is 1. The molecule has 24 heavy (non-hydrogen) atoms. The average Bonchev–Trinajstić information content (AvgIpc) is 2.93. The Morgan fingerprint density at radius 1 is 1.42 bits per heavy atom. The molecule has 8 heteroatoms. The van der Waals surface area contributed by atoms with Crippen LogP contribution in [-0.2, 0) is 20.4 Å². The Bertz CT molecular complexity index is 777. The standard InChI is InChI=1S/C16H20N2O3S3/c1-11(15(19)18(2)13-7-8-24(20,21)10-13)23-16-17-14-6-4-3-5-12(14)9-22-16/h3-6,11,13H,7-10H2,1-2H3/t11-,13+/m0/s1. The Morgan fingerprint density at radius 2 is 2.17 bits per heavy atom. The number of fused-ring (bicyclic) bond motifs is 1. The van der Waals surface area contributed by atoms with Gasteiger partial charge in [0.1, 0.15) is 4.38 Å². The molecule has 2 aliphatic heterocycles. The maximum Gasteiger partial charge on any atom is 0.235 e. The largest absolute Gasteiger partial charge is 0.341 e. The minimum absolute atomic E-state index is 0.0377. The van der Waals surface area contributed by atoms with E-state index in [1.807, 2.05) is 25.1 Å². The van der Waals surface area contributed by atoms with Crippen LogP contribution in [0.2, 0.25) is 0 Å². The Morgan fingerprint density at radius 3 is 2.88 bits per heavy atom. The summed E-state index contributed by atoms with van der Waals surface area (Å²) in [5, 5.41) is -0.283. The second kappa shape index (κ2) is 7.09. The molecule has 0 spiro atoms. The SMILES string of the molecule is C[C@H](SC1=Nc2ccccc2CS1)C(=O)N(C)[C@@H]1CCS(=O)(=O)C1. The first-order chi connectivity index (χ1) is 11.4. The quantitative estimate of drug-likeness (QED) is 0.802. The lowest BCUT2D eigenvalue weighted by Gasteiger charge is -2.26. The van der Waals surface area contributed by atoms with Gasteiger partial charge in [0.2, 0.25) is 5.91 Å². The van der Waals surface area contributed by atoms with Crippen molar-refractivity contribution in [2.75, 3.05) is 18.6 Å². The summed E-state index contributed by atoms with van der Waals surface area (Å²) >= 11 is 3.09. The number of sulfone groups is 1. The predicted octanol–water partition coefficient (Wildman–Crippen LogP) is 2.69. The van der Waals surface area contributed by atoms with Gasteiger partial charge in [-0.05, 0) is 25.0 Å². The highest BCUT2D eigenvalue weighted by molar-refractivity contribution is 8.39. The fourth-order valence-electron chi connectivity index (χ4n) is 2.82. The summed E-state index contributed by atoms with van der Waals surface area (Å²) in [4.78, 5) is 18.8. The van der Waals surface area contributed by atoms with Gasteiger partial charge in [0.15, 0.2) is 9.84 Å². The Hall–Kier alpha value is -0.990. The van der Waals surface area contributed by atoms with E-state index in [2.05, 4.69) is 11.1 Å². The number of rotatable bonds is 3. The van der Waals surface area contributed by atoms with E-state index in [1.165, 1.54) is 17.3 Å². The van der Waals surface area contributed by atoms with E-state index in [4.69, 9.17) is 0 Å². The van der Waals surface area contributed by atoms with Gasteiger partial charge in [-0.1, -0.05) is 41.7 Å². The van der Waals surface area contributed by atoms with Crippen LogP contribution >= 0.6 is 23.5 Å². The van der Waals surface area contributed by atoms with Crippen LogP contribution in [0.15, 0.2) is 29.3 Å². The molecule has 2 aliphatic rings. The molecule has 130 valence electrons. The first kappa shape index (κ1) is 17.8. The van der Waals surface area contributed by atoms with Crippen molar-refractivity contribution in [1.29, 1.82) is 0 Å². The first-order valence-corrected chi connectivity index (χ1v) is 11.5. The number of hydrogen-bond donors (Lipinski definition) is 0. The third-order valence-electron chi connectivity index (χ3n) is 4.28. The smallest absolute Gasteiger partial charge is 0.235 e. The number of benzene rings is 1. The van der Waals surface area contributed by atoms with E-state index in [1.54, 1.807) is 23.7 Å². The molecule has 1 fully saturated rings. The zero-order valence-corrected chi connectivity index (χ0v) is 16.1. The summed E-state index contributed by atoms with van der Waals surface area (Å²) in [6.07, 6.45) is 0.533. The van der Waals surface area contributed by atoms with Crippen molar-refractivity contribution in [2.45, 2.75) is 30.4 Å². The number of para-hydroxylation sites is 1. The molecule has 5 nitrogen and oxygen atoms in total. The molecule has 1 aromatic carbocycles. The molecule has 2 heterocycles. The van der Waals surface area contributed by atoms with Crippen molar-refractivity contribution in [3.8, 4) is 0 Å². The van der Waals surface area contributed by atoms with E-state index in [-0.39, 0.29) is 28.7 Å². The maximum absolute atomic E-state index is 12.6. The minimum atomic E-state index is -2.99. The van der Waals surface area contributed by atoms with Crippen molar-refractivity contribution in [1.82, 2.24) is 4.90 Å². The van der Waals surface area contributed by atoms with Crippen LogP contribution in [-0.4, -0.2) is 53.4 Å². The molecule has 3 rings (SSSR count). The molecule has 1 saturated heterocycles. The summed E-state index contributed by atoms with van der Waals surface area (Å²) in [6.45, 7) is 1.86. The van der Waals surface area contributed by atoms with Crippen molar-refractivity contribution in [3.05, 3.63) is 29.8 Å². The fraction of sp³-hybridized carbons (Fsp3) is 0.500. The predicted molar refractivity (Wildman–Crippen MR) is 102 cm³/mol. The highest BCUT2D eigenvalue weighted by Gasteiger charge is 2.34. The number of nitrogens with zero attached hydrogens (tertiary/aromatic N) is 2. The van der Waals surface area contributed by atoms with Crippen LogP contribution in [0.5, 0.6) is 0 Å². The molecule has 0 N–H and O–H groups in total.